The molecular formula is C11H19N3O2. The van der Waals surface area contributed by atoms with Gasteiger partial charge in [-0.1, -0.05) is 0 Å². The monoisotopic (exact) mass is 225 g/mol. The van der Waals surface area contributed by atoms with E-state index in [2.05, 4.69) is 10.3 Å². The van der Waals surface area contributed by atoms with Gasteiger partial charge >= 0.3 is 0 Å². The smallest absolute Gasteiger partial charge is 0.149 e. The fourth-order valence-corrected chi connectivity index (χ4v) is 1.35. The van der Waals surface area contributed by atoms with Crippen molar-refractivity contribution in [3.05, 3.63) is 17.8 Å². The van der Waals surface area contributed by atoms with Crippen molar-refractivity contribution in [3.63, 3.8) is 0 Å². The molecule has 0 radical (unpaired) electrons. The number of ether oxygens (including phenoxy) is 2. The predicted octanol–water partition coefficient (Wildman–Crippen LogP) is 1.05. The summed E-state index contributed by atoms with van der Waals surface area (Å²) in [5.41, 5.74) is 7.52. The number of pyridine rings is 1. The number of methoxy groups -OCH3 is 2. The molecule has 1 unspecified atom stereocenters. The second kappa shape index (κ2) is 6.30. The summed E-state index contributed by atoms with van der Waals surface area (Å²) in [4.78, 5) is 4.21. The van der Waals surface area contributed by atoms with Crippen LogP contribution in [0, 0.1) is 6.92 Å². The third-order valence-electron chi connectivity index (χ3n) is 2.24. The van der Waals surface area contributed by atoms with Crippen molar-refractivity contribution in [3.8, 4) is 0 Å². The zero-order valence-corrected chi connectivity index (χ0v) is 9.99. The molecule has 0 amide bonds. The molecule has 1 aromatic heterocycles. The number of anilines is 2. The maximum Gasteiger partial charge on any atom is 0.149 e. The van der Waals surface area contributed by atoms with Gasteiger partial charge in [-0.3, -0.25) is 0 Å². The predicted molar refractivity (Wildman–Crippen MR) is 64.5 cm³/mol. The van der Waals surface area contributed by atoms with Gasteiger partial charge in [-0.05, 0) is 18.6 Å². The number of aryl methyl sites for hydroxylation is 1. The maximum absolute atomic E-state index is 5.83. The Morgan fingerprint density at radius 2 is 2.25 bits per heavy atom. The molecule has 0 bridgehead atoms. The molecule has 5 heteroatoms. The molecule has 1 heterocycles. The van der Waals surface area contributed by atoms with Crippen LogP contribution >= 0.6 is 0 Å². The molecule has 0 aliphatic rings. The minimum atomic E-state index is -0.00694. The molecule has 90 valence electrons. The fourth-order valence-electron chi connectivity index (χ4n) is 1.35. The zero-order valence-electron chi connectivity index (χ0n) is 9.99. The highest BCUT2D eigenvalue weighted by Gasteiger charge is 2.08. The Balaban J connectivity index is 2.53. The van der Waals surface area contributed by atoms with Gasteiger partial charge in [0.25, 0.3) is 0 Å². The average molecular weight is 225 g/mol. The first kappa shape index (κ1) is 12.7. The van der Waals surface area contributed by atoms with E-state index < -0.39 is 0 Å². The summed E-state index contributed by atoms with van der Waals surface area (Å²) in [5, 5.41) is 3.13. The zero-order chi connectivity index (χ0) is 12.0. The van der Waals surface area contributed by atoms with Gasteiger partial charge in [0.05, 0.1) is 18.4 Å². The first-order valence-corrected chi connectivity index (χ1v) is 5.15. The molecule has 0 aromatic carbocycles. The number of hydrogen-bond acceptors (Lipinski definition) is 5. The minimum Gasteiger partial charge on any atom is -0.396 e. The third-order valence-corrected chi connectivity index (χ3v) is 2.24. The molecule has 16 heavy (non-hydrogen) atoms. The van der Waals surface area contributed by atoms with Gasteiger partial charge in [-0.2, -0.15) is 0 Å². The second-order valence-corrected chi connectivity index (χ2v) is 3.64. The first-order valence-electron chi connectivity index (χ1n) is 5.15. The number of nitrogen functional groups attached to an aromatic ring is 1. The van der Waals surface area contributed by atoms with Crippen molar-refractivity contribution in [2.24, 2.45) is 0 Å². The van der Waals surface area contributed by atoms with Crippen LogP contribution in [0.4, 0.5) is 11.5 Å². The molecule has 1 atom stereocenters. The van der Waals surface area contributed by atoms with E-state index in [1.165, 1.54) is 0 Å². The van der Waals surface area contributed by atoms with E-state index in [0.29, 0.717) is 24.7 Å². The lowest BCUT2D eigenvalue weighted by atomic mass is 10.3. The Labute approximate surface area is 96.0 Å². The van der Waals surface area contributed by atoms with Crippen LogP contribution in [0.25, 0.3) is 0 Å². The summed E-state index contributed by atoms with van der Waals surface area (Å²) < 4.78 is 10.2. The van der Waals surface area contributed by atoms with Crippen molar-refractivity contribution in [1.29, 1.82) is 0 Å². The van der Waals surface area contributed by atoms with Crippen LogP contribution in [0.3, 0.4) is 0 Å². The van der Waals surface area contributed by atoms with Crippen LogP contribution in [0.5, 0.6) is 0 Å². The SMILES string of the molecule is COCC(CNc1ncc(C)cc1N)OC. The summed E-state index contributed by atoms with van der Waals surface area (Å²) in [5.74, 6) is 0.684. The quantitative estimate of drug-likeness (QED) is 0.757. The van der Waals surface area contributed by atoms with Crippen LogP contribution in [0.1, 0.15) is 5.56 Å². The molecule has 0 aliphatic heterocycles. The van der Waals surface area contributed by atoms with E-state index in [1.807, 2.05) is 13.0 Å². The van der Waals surface area contributed by atoms with Crippen LogP contribution in [-0.2, 0) is 9.47 Å². The first-order chi connectivity index (χ1) is 7.67. The highest BCUT2D eigenvalue weighted by Crippen LogP contribution is 2.15. The maximum atomic E-state index is 5.83. The molecule has 3 N–H and O–H groups in total. The van der Waals surface area contributed by atoms with E-state index in [1.54, 1.807) is 20.4 Å². The number of rotatable bonds is 6. The number of nitrogens with one attached hydrogen (secondary N) is 1. The lowest BCUT2D eigenvalue weighted by Crippen LogP contribution is -2.27. The van der Waals surface area contributed by atoms with Crippen molar-refractivity contribution in [2.45, 2.75) is 13.0 Å². The molecule has 0 saturated carbocycles. The summed E-state index contributed by atoms with van der Waals surface area (Å²) >= 11 is 0. The summed E-state index contributed by atoms with van der Waals surface area (Å²) in [6.45, 7) is 3.11. The van der Waals surface area contributed by atoms with Crippen molar-refractivity contribution < 1.29 is 9.47 Å². The highest BCUT2D eigenvalue weighted by atomic mass is 16.5. The Kier molecular flexibility index (Phi) is 5.01. The van der Waals surface area contributed by atoms with Gasteiger partial charge in [-0.25, -0.2) is 4.98 Å². The summed E-state index contributed by atoms with van der Waals surface area (Å²) in [7, 11) is 3.29. The van der Waals surface area contributed by atoms with Crippen molar-refractivity contribution in [1.82, 2.24) is 4.98 Å². The van der Waals surface area contributed by atoms with Crippen LogP contribution in [-0.4, -0.2) is 38.5 Å². The lowest BCUT2D eigenvalue weighted by molar-refractivity contribution is 0.0365. The van der Waals surface area contributed by atoms with Crippen molar-refractivity contribution in [2.75, 3.05) is 38.4 Å². The molecule has 5 nitrogen and oxygen atoms in total. The standard InChI is InChI=1S/C11H19N3O2/c1-8-4-10(12)11(13-5-8)14-6-9(16-3)7-15-2/h4-5,9H,6-7,12H2,1-3H3,(H,13,14). The lowest BCUT2D eigenvalue weighted by Gasteiger charge is -2.16. The van der Waals surface area contributed by atoms with Crippen molar-refractivity contribution >= 4 is 11.5 Å². The molecule has 0 spiro atoms. The molecule has 0 fully saturated rings. The van der Waals surface area contributed by atoms with E-state index in [-0.39, 0.29) is 6.10 Å². The molecule has 1 aromatic rings. The fraction of sp³-hybridized carbons (Fsp3) is 0.545. The van der Waals surface area contributed by atoms with E-state index in [9.17, 15) is 0 Å². The Hall–Kier alpha value is -1.33. The largest absolute Gasteiger partial charge is 0.396 e. The normalized spacial score (nSPS) is 12.4. The van der Waals surface area contributed by atoms with E-state index in [0.717, 1.165) is 5.56 Å². The molecule has 0 aliphatic carbocycles. The summed E-state index contributed by atoms with van der Waals surface area (Å²) in [6.07, 6.45) is 1.77. The van der Waals surface area contributed by atoms with E-state index in [4.69, 9.17) is 15.2 Å². The van der Waals surface area contributed by atoms with Crippen LogP contribution in [0.2, 0.25) is 0 Å². The van der Waals surface area contributed by atoms with Crippen LogP contribution in [0.15, 0.2) is 12.3 Å². The van der Waals surface area contributed by atoms with Gasteiger partial charge in [0, 0.05) is 27.0 Å². The molecule has 1 rings (SSSR count). The van der Waals surface area contributed by atoms with E-state index >= 15 is 0 Å². The Bertz CT molecular complexity index is 331. The van der Waals surface area contributed by atoms with Gasteiger partial charge in [0.1, 0.15) is 5.82 Å². The van der Waals surface area contributed by atoms with Gasteiger partial charge < -0.3 is 20.5 Å². The Morgan fingerprint density at radius 3 is 2.81 bits per heavy atom. The number of nitrogens with two attached hydrogens (primary N) is 1. The third kappa shape index (κ3) is 3.67. The Morgan fingerprint density at radius 1 is 1.50 bits per heavy atom. The van der Waals surface area contributed by atoms with Gasteiger partial charge in [-0.15, -0.1) is 0 Å². The number of hydrogen-bond donors (Lipinski definition) is 2. The topological polar surface area (TPSA) is 69.4 Å². The summed E-state index contributed by atoms with van der Waals surface area (Å²) in [6, 6.07) is 1.88. The number of nitrogens with zero attached hydrogens (tertiary/aromatic N) is 1. The second-order valence-electron chi connectivity index (χ2n) is 3.64. The molecule has 0 saturated heterocycles. The average Bonchev–Trinajstić information content (AvgIpc) is 2.26. The van der Waals surface area contributed by atoms with Crippen LogP contribution < -0.4 is 11.1 Å². The highest BCUT2D eigenvalue weighted by molar-refractivity contribution is 5.61. The number of aromatic nitrogens is 1. The minimum absolute atomic E-state index is 0.00694. The molecular weight excluding hydrogens is 206 g/mol. The van der Waals surface area contributed by atoms with Gasteiger partial charge in [0.2, 0.25) is 0 Å². The van der Waals surface area contributed by atoms with Gasteiger partial charge in [0.15, 0.2) is 0 Å².